The molecule has 0 unspecified atom stereocenters. The summed E-state index contributed by atoms with van der Waals surface area (Å²) in [6, 6.07) is 24.2. The molecule has 0 heterocycles. The number of amides is 2. The van der Waals surface area contributed by atoms with Crippen LogP contribution in [0.1, 0.15) is 71.4 Å². The fourth-order valence-electron chi connectivity index (χ4n) is 5.29. The van der Waals surface area contributed by atoms with E-state index in [0.29, 0.717) is 37.2 Å². The van der Waals surface area contributed by atoms with Crippen molar-refractivity contribution in [1.29, 1.82) is 0 Å². The van der Waals surface area contributed by atoms with Gasteiger partial charge < -0.3 is 25.4 Å². The van der Waals surface area contributed by atoms with E-state index >= 15 is 0 Å². The van der Waals surface area contributed by atoms with E-state index in [9.17, 15) is 14.7 Å². The molecule has 1 saturated carbocycles. The summed E-state index contributed by atoms with van der Waals surface area (Å²) >= 11 is 0. The Balaban J connectivity index is 1.48. The number of aliphatic hydroxyl groups excluding tert-OH is 1. The Morgan fingerprint density at radius 3 is 2.27 bits per heavy atom. The highest BCUT2D eigenvalue weighted by atomic mass is 16.5. The van der Waals surface area contributed by atoms with Crippen molar-refractivity contribution in [2.75, 3.05) is 26.7 Å². The zero-order valence-corrected chi connectivity index (χ0v) is 24.4. The minimum atomic E-state index is -0.836. The molecule has 218 valence electrons. The molecular weight excluding hydrogens is 514 g/mol. The van der Waals surface area contributed by atoms with Crippen molar-refractivity contribution >= 4 is 11.8 Å². The molecule has 7 heteroatoms. The van der Waals surface area contributed by atoms with Crippen LogP contribution in [0.2, 0.25) is 0 Å². The number of ether oxygens (including phenoxy) is 1. The van der Waals surface area contributed by atoms with Gasteiger partial charge in [-0.15, -0.1) is 0 Å². The van der Waals surface area contributed by atoms with Crippen LogP contribution in [0.4, 0.5) is 0 Å². The molecule has 3 N–H and O–H groups in total. The second kappa shape index (κ2) is 14.3. The van der Waals surface area contributed by atoms with E-state index in [4.69, 9.17) is 4.74 Å². The van der Waals surface area contributed by atoms with Crippen molar-refractivity contribution < 1.29 is 19.4 Å². The molecule has 4 rings (SSSR count). The van der Waals surface area contributed by atoms with Gasteiger partial charge in [0.25, 0.3) is 11.8 Å². The molecule has 41 heavy (non-hydrogen) atoms. The molecule has 2 amide bonds. The average molecular weight is 558 g/mol. The Hall–Kier alpha value is -3.68. The van der Waals surface area contributed by atoms with Crippen molar-refractivity contribution in [2.45, 2.75) is 63.6 Å². The van der Waals surface area contributed by atoms with E-state index < -0.39 is 12.1 Å². The Labute approximate surface area is 243 Å². The third kappa shape index (κ3) is 7.96. The lowest BCUT2D eigenvalue weighted by molar-refractivity contribution is 0.0755. The number of carbonyl (C=O) groups is 2. The van der Waals surface area contributed by atoms with Crippen LogP contribution in [0.25, 0.3) is 0 Å². The largest absolute Gasteiger partial charge is 0.497 e. The molecule has 0 aromatic heterocycles. The van der Waals surface area contributed by atoms with Crippen LogP contribution in [0.15, 0.2) is 78.9 Å². The van der Waals surface area contributed by atoms with Crippen molar-refractivity contribution in [1.82, 2.24) is 15.5 Å². The third-order valence-corrected chi connectivity index (χ3v) is 7.75. The number of aliphatic hydroxyl groups is 1. The van der Waals surface area contributed by atoms with Gasteiger partial charge in [0.2, 0.25) is 0 Å². The van der Waals surface area contributed by atoms with E-state index in [1.54, 1.807) is 31.4 Å². The first-order chi connectivity index (χ1) is 19.9. The number of hydrogen-bond donors (Lipinski definition) is 3. The SMILES string of the molecule is CCCN(CCC)C(=O)c1cccc(C(=O)N[C@@H](Cc2ccccc2)[C@H](O)CNC2(c3cccc(OC)c3)CC2)c1. The zero-order chi connectivity index (χ0) is 29.2. The molecule has 1 aliphatic rings. The maximum absolute atomic E-state index is 13.5. The zero-order valence-electron chi connectivity index (χ0n) is 24.4. The number of methoxy groups -OCH3 is 1. The van der Waals surface area contributed by atoms with E-state index in [1.165, 1.54) is 0 Å². The predicted octanol–water partition coefficient (Wildman–Crippen LogP) is 4.94. The molecule has 0 spiro atoms. The van der Waals surface area contributed by atoms with Crippen LogP contribution < -0.4 is 15.4 Å². The van der Waals surface area contributed by atoms with Crippen LogP contribution in [-0.4, -0.2) is 60.7 Å². The van der Waals surface area contributed by atoms with E-state index in [1.807, 2.05) is 53.4 Å². The van der Waals surface area contributed by atoms with E-state index in [0.717, 1.165) is 42.6 Å². The number of nitrogens with zero attached hydrogens (tertiary/aromatic N) is 1. The van der Waals surface area contributed by atoms with Gasteiger partial charge in [-0.25, -0.2) is 0 Å². The minimum absolute atomic E-state index is 0.0688. The van der Waals surface area contributed by atoms with Gasteiger partial charge in [0.1, 0.15) is 5.75 Å². The Kier molecular flexibility index (Phi) is 10.6. The fourth-order valence-corrected chi connectivity index (χ4v) is 5.29. The summed E-state index contributed by atoms with van der Waals surface area (Å²) in [5.41, 5.74) is 2.85. The molecule has 1 fully saturated rings. The number of hydrogen-bond acceptors (Lipinski definition) is 5. The van der Waals surface area contributed by atoms with Crippen LogP contribution in [0, 0.1) is 0 Å². The van der Waals surface area contributed by atoms with Gasteiger partial charge in [-0.3, -0.25) is 9.59 Å². The Morgan fingerprint density at radius 2 is 1.61 bits per heavy atom. The molecule has 3 aromatic rings. The maximum Gasteiger partial charge on any atom is 0.253 e. The number of benzene rings is 3. The highest BCUT2D eigenvalue weighted by Crippen LogP contribution is 2.46. The van der Waals surface area contributed by atoms with Gasteiger partial charge in [0, 0.05) is 36.3 Å². The standard InChI is InChI=1S/C34H43N3O4/c1-4-19-37(20-5-2)33(40)27-14-9-13-26(22-27)32(39)36-30(21-25-11-7-6-8-12-25)31(38)24-35-34(17-18-34)28-15-10-16-29(23-28)41-3/h6-16,22-23,30-31,35,38H,4-5,17-21,24H2,1-3H3,(H,36,39)/t30-,31+/m0/s1. The normalized spacial score (nSPS) is 15.0. The number of carbonyl (C=O) groups excluding carboxylic acids is 2. The number of rotatable bonds is 15. The predicted molar refractivity (Wildman–Crippen MR) is 162 cm³/mol. The Bertz CT molecular complexity index is 1290. The summed E-state index contributed by atoms with van der Waals surface area (Å²) in [6.07, 6.45) is 3.32. The van der Waals surface area contributed by atoms with E-state index in [-0.39, 0.29) is 17.4 Å². The quantitative estimate of drug-likeness (QED) is 0.246. The van der Waals surface area contributed by atoms with Crippen LogP contribution in [0.3, 0.4) is 0 Å². The maximum atomic E-state index is 13.5. The lowest BCUT2D eigenvalue weighted by Crippen LogP contribution is -2.50. The fraction of sp³-hybridized carbons (Fsp3) is 0.412. The van der Waals surface area contributed by atoms with Crippen molar-refractivity contribution in [3.8, 4) is 5.75 Å². The molecule has 0 bridgehead atoms. The lowest BCUT2D eigenvalue weighted by atomic mass is 9.99. The van der Waals surface area contributed by atoms with Gasteiger partial charge in [0.05, 0.1) is 19.3 Å². The smallest absolute Gasteiger partial charge is 0.253 e. The summed E-state index contributed by atoms with van der Waals surface area (Å²) in [5, 5.41) is 18.0. The molecule has 2 atom stereocenters. The van der Waals surface area contributed by atoms with Crippen LogP contribution in [0.5, 0.6) is 5.75 Å². The monoisotopic (exact) mass is 557 g/mol. The van der Waals surface area contributed by atoms with Gasteiger partial charge in [-0.05, 0) is 73.6 Å². The summed E-state index contributed by atoms with van der Waals surface area (Å²) in [7, 11) is 1.66. The molecule has 0 aliphatic heterocycles. The summed E-state index contributed by atoms with van der Waals surface area (Å²) in [6.45, 7) is 5.77. The van der Waals surface area contributed by atoms with Crippen LogP contribution in [-0.2, 0) is 12.0 Å². The van der Waals surface area contributed by atoms with Gasteiger partial charge >= 0.3 is 0 Å². The second-order valence-electron chi connectivity index (χ2n) is 10.9. The third-order valence-electron chi connectivity index (χ3n) is 7.75. The van der Waals surface area contributed by atoms with Gasteiger partial charge in [-0.2, -0.15) is 0 Å². The van der Waals surface area contributed by atoms with Crippen LogP contribution >= 0.6 is 0 Å². The average Bonchev–Trinajstić information content (AvgIpc) is 3.81. The first-order valence-corrected chi connectivity index (χ1v) is 14.7. The van der Waals surface area contributed by atoms with Gasteiger partial charge in [-0.1, -0.05) is 62.4 Å². The van der Waals surface area contributed by atoms with Gasteiger partial charge in [0.15, 0.2) is 0 Å². The molecule has 3 aromatic carbocycles. The first-order valence-electron chi connectivity index (χ1n) is 14.7. The molecule has 0 saturated heterocycles. The van der Waals surface area contributed by atoms with Crippen molar-refractivity contribution in [2.24, 2.45) is 0 Å². The van der Waals surface area contributed by atoms with Crippen molar-refractivity contribution in [3.05, 3.63) is 101 Å². The summed E-state index contributed by atoms with van der Waals surface area (Å²) in [4.78, 5) is 28.5. The minimum Gasteiger partial charge on any atom is -0.497 e. The van der Waals surface area contributed by atoms with Crippen molar-refractivity contribution in [3.63, 3.8) is 0 Å². The second-order valence-corrected chi connectivity index (χ2v) is 10.9. The topological polar surface area (TPSA) is 90.9 Å². The summed E-state index contributed by atoms with van der Waals surface area (Å²) in [5.74, 6) is 0.422. The molecule has 1 aliphatic carbocycles. The molecule has 0 radical (unpaired) electrons. The highest BCUT2D eigenvalue weighted by molar-refractivity contribution is 5.99. The Morgan fingerprint density at radius 1 is 0.927 bits per heavy atom. The molecular formula is C34H43N3O4. The highest BCUT2D eigenvalue weighted by Gasteiger charge is 2.44. The molecule has 7 nitrogen and oxygen atoms in total. The van der Waals surface area contributed by atoms with E-state index in [2.05, 4.69) is 30.5 Å². The summed E-state index contributed by atoms with van der Waals surface area (Å²) < 4.78 is 5.41. The first kappa shape index (κ1) is 30.3. The lowest BCUT2D eigenvalue weighted by Gasteiger charge is -2.27. The number of nitrogens with one attached hydrogen (secondary N) is 2.